The molecule has 5 fully saturated rings. The van der Waals surface area contributed by atoms with Crippen molar-refractivity contribution < 1.29 is 0 Å². The molecule has 0 heteroatoms. The first-order chi connectivity index (χ1) is 17.9. The normalized spacial score (nSPS) is 24.9. The van der Waals surface area contributed by atoms with Gasteiger partial charge in [0, 0.05) is 0 Å². The average molecular weight is 485 g/mol. The molecule has 5 saturated carbocycles. The molecule has 5 aliphatic carbocycles. The summed E-state index contributed by atoms with van der Waals surface area (Å²) in [7, 11) is 0. The Hall–Kier alpha value is -1.30. The molecule has 0 saturated heterocycles. The Labute approximate surface area is 221 Å². The Kier molecular flexibility index (Phi) is 8.36. The number of benzene rings is 1. The maximum atomic E-state index is 2.87. The summed E-state index contributed by atoms with van der Waals surface area (Å²) in [5.41, 5.74) is 9.33. The fraction of sp³-hybridized carbons (Fsp3) is 0.722. The number of hydrogen-bond donors (Lipinski definition) is 0. The molecule has 196 valence electrons. The molecule has 0 radical (unpaired) electrons. The third kappa shape index (κ3) is 5.31. The minimum absolute atomic E-state index is 0.819. The predicted molar refractivity (Wildman–Crippen MR) is 157 cm³/mol. The SMILES string of the molecule is c1c(C2CCCCC2)c(=C2CCCCC2)c(=C2CCCCC2)c(=C2CCCCC2)c1=C1CCCCC1. The zero-order chi connectivity index (χ0) is 24.2. The lowest BCUT2D eigenvalue weighted by Gasteiger charge is -2.28. The van der Waals surface area contributed by atoms with Crippen LogP contribution in [0.1, 0.15) is 172 Å². The summed E-state index contributed by atoms with van der Waals surface area (Å²) in [6.45, 7) is 0. The molecule has 0 amide bonds. The highest BCUT2D eigenvalue weighted by atomic mass is 14.3. The van der Waals surface area contributed by atoms with Crippen LogP contribution in [0.25, 0.3) is 22.3 Å². The highest BCUT2D eigenvalue weighted by molar-refractivity contribution is 5.61. The number of hydrogen-bond acceptors (Lipinski definition) is 0. The Bertz CT molecular complexity index is 1140. The smallest absolute Gasteiger partial charge is 0.0111 e. The first kappa shape index (κ1) is 25.0. The molecule has 0 unspecified atom stereocenters. The zero-order valence-electron chi connectivity index (χ0n) is 23.3. The van der Waals surface area contributed by atoms with Crippen LogP contribution in [0.15, 0.2) is 6.07 Å². The molecule has 5 aliphatic rings. The van der Waals surface area contributed by atoms with Gasteiger partial charge in [0.25, 0.3) is 0 Å². The molecule has 1 aromatic rings. The maximum absolute atomic E-state index is 2.87. The van der Waals surface area contributed by atoms with Crippen molar-refractivity contribution in [3.63, 3.8) is 0 Å². The third-order valence-corrected chi connectivity index (χ3v) is 10.7. The van der Waals surface area contributed by atoms with E-state index in [2.05, 4.69) is 6.07 Å². The van der Waals surface area contributed by atoms with Crippen LogP contribution >= 0.6 is 0 Å². The van der Waals surface area contributed by atoms with Gasteiger partial charge in [0.2, 0.25) is 0 Å². The van der Waals surface area contributed by atoms with E-state index < -0.39 is 0 Å². The fourth-order valence-electron chi connectivity index (χ4n) is 8.75. The fourth-order valence-corrected chi connectivity index (χ4v) is 8.75. The summed E-state index contributed by atoms with van der Waals surface area (Å²) in [5.74, 6) is 0.819. The van der Waals surface area contributed by atoms with Crippen molar-refractivity contribution in [3.05, 3.63) is 32.5 Å². The lowest BCUT2D eigenvalue weighted by Crippen LogP contribution is -2.54. The van der Waals surface area contributed by atoms with E-state index in [9.17, 15) is 0 Å². The Morgan fingerprint density at radius 1 is 0.361 bits per heavy atom. The molecule has 0 spiro atoms. The summed E-state index contributed by atoms with van der Waals surface area (Å²) in [4.78, 5) is 0. The summed E-state index contributed by atoms with van der Waals surface area (Å²) >= 11 is 0. The standard InChI is InChI=1S/C36H52/c1-6-16-27(17-7-1)32-26-33(28-18-8-2-9-19-28)35(30-22-12-4-13-23-30)36(31-24-14-5-15-25-31)34(32)29-20-10-3-11-21-29/h26-27H,1-25H2. The van der Waals surface area contributed by atoms with Crippen LogP contribution in [0.2, 0.25) is 0 Å². The van der Waals surface area contributed by atoms with Crippen molar-refractivity contribution in [2.24, 2.45) is 0 Å². The van der Waals surface area contributed by atoms with Crippen LogP contribution in [-0.2, 0) is 0 Å². The van der Waals surface area contributed by atoms with Gasteiger partial charge in [0.15, 0.2) is 0 Å². The van der Waals surface area contributed by atoms with Crippen LogP contribution in [0.4, 0.5) is 0 Å². The predicted octanol–water partition coefficient (Wildman–Crippen LogP) is 8.19. The van der Waals surface area contributed by atoms with E-state index in [-0.39, 0.29) is 0 Å². The van der Waals surface area contributed by atoms with E-state index >= 15 is 0 Å². The Morgan fingerprint density at radius 2 is 0.750 bits per heavy atom. The average Bonchev–Trinajstić information content (AvgIpc) is 2.98. The second-order valence-corrected chi connectivity index (χ2v) is 13.1. The van der Waals surface area contributed by atoms with Gasteiger partial charge in [-0.15, -0.1) is 0 Å². The van der Waals surface area contributed by atoms with Gasteiger partial charge in [-0.1, -0.05) is 73.3 Å². The lowest BCUT2D eigenvalue weighted by atomic mass is 9.77. The molecule has 0 aliphatic heterocycles. The molecule has 0 atom stereocenters. The number of rotatable bonds is 1. The monoisotopic (exact) mass is 484 g/mol. The van der Waals surface area contributed by atoms with Crippen LogP contribution in [-0.4, -0.2) is 0 Å². The molecule has 6 rings (SSSR count). The van der Waals surface area contributed by atoms with E-state index in [1.165, 1.54) is 161 Å². The summed E-state index contributed by atoms with van der Waals surface area (Å²) in [6, 6.07) is 2.87. The van der Waals surface area contributed by atoms with Gasteiger partial charge in [-0.3, -0.25) is 0 Å². The van der Waals surface area contributed by atoms with Gasteiger partial charge in [-0.05, 0) is 148 Å². The van der Waals surface area contributed by atoms with Crippen LogP contribution in [0, 0.1) is 0 Å². The minimum Gasteiger partial charge on any atom is -0.0623 e. The van der Waals surface area contributed by atoms with Crippen LogP contribution < -0.4 is 20.9 Å². The quantitative estimate of drug-likeness (QED) is 0.377. The van der Waals surface area contributed by atoms with Gasteiger partial charge in [0.1, 0.15) is 0 Å². The molecule has 1 aromatic carbocycles. The van der Waals surface area contributed by atoms with Gasteiger partial charge in [-0.25, -0.2) is 0 Å². The van der Waals surface area contributed by atoms with Gasteiger partial charge < -0.3 is 0 Å². The third-order valence-electron chi connectivity index (χ3n) is 10.7. The van der Waals surface area contributed by atoms with Gasteiger partial charge in [0.05, 0.1) is 0 Å². The van der Waals surface area contributed by atoms with Crippen molar-refractivity contribution in [2.45, 2.75) is 166 Å². The minimum atomic E-state index is 0.819. The highest BCUT2D eigenvalue weighted by Gasteiger charge is 2.23. The van der Waals surface area contributed by atoms with Crippen molar-refractivity contribution in [3.8, 4) is 0 Å². The molecule has 0 bridgehead atoms. The van der Waals surface area contributed by atoms with E-state index in [1.54, 1.807) is 5.22 Å². The second kappa shape index (κ2) is 12.0. The first-order valence-corrected chi connectivity index (χ1v) is 16.5. The lowest BCUT2D eigenvalue weighted by molar-refractivity contribution is 0.441. The molecule has 0 nitrogen and oxygen atoms in total. The largest absolute Gasteiger partial charge is 0.0623 e. The van der Waals surface area contributed by atoms with Crippen molar-refractivity contribution in [1.29, 1.82) is 0 Å². The molecule has 36 heavy (non-hydrogen) atoms. The summed E-state index contributed by atoms with van der Waals surface area (Å²) < 4.78 is 0. The topological polar surface area (TPSA) is 0 Å². The molecule has 0 aromatic heterocycles. The maximum Gasteiger partial charge on any atom is -0.0111 e. The zero-order valence-corrected chi connectivity index (χ0v) is 23.3. The van der Waals surface area contributed by atoms with E-state index in [0.29, 0.717) is 0 Å². The highest BCUT2D eigenvalue weighted by Crippen LogP contribution is 2.33. The molecular formula is C36H52. The Balaban J connectivity index is 1.79. The van der Waals surface area contributed by atoms with E-state index in [1.807, 2.05) is 43.5 Å². The van der Waals surface area contributed by atoms with E-state index in [0.717, 1.165) is 5.92 Å². The second-order valence-electron chi connectivity index (χ2n) is 13.1. The summed E-state index contributed by atoms with van der Waals surface area (Å²) in [5, 5.41) is 7.32. The molecule has 0 N–H and O–H groups in total. The first-order valence-electron chi connectivity index (χ1n) is 16.5. The van der Waals surface area contributed by atoms with Crippen molar-refractivity contribution in [1.82, 2.24) is 0 Å². The Morgan fingerprint density at radius 3 is 1.25 bits per heavy atom. The van der Waals surface area contributed by atoms with Crippen LogP contribution in [0.5, 0.6) is 0 Å². The van der Waals surface area contributed by atoms with Crippen molar-refractivity contribution >= 4 is 22.3 Å². The van der Waals surface area contributed by atoms with Gasteiger partial charge >= 0.3 is 0 Å². The molecular weight excluding hydrogens is 432 g/mol. The van der Waals surface area contributed by atoms with Gasteiger partial charge in [-0.2, -0.15) is 0 Å². The van der Waals surface area contributed by atoms with Crippen LogP contribution in [0.3, 0.4) is 0 Å². The van der Waals surface area contributed by atoms with Crippen molar-refractivity contribution in [2.75, 3.05) is 0 Å². The summed E-state index contributed by atoms with van der Waals surface area (Å²) in [6.07, 6.45) is 35.5. The van der Waals surface area contributed by atoms with E-state index in [4.69, 9.17) is 0 Å². The molecule has 0 heterocycles.